The Labute approximate surface area is 113 Å². The second kappa shape index (κ2) is 5.06. The lowest BCUT2D eigenvalue weighted by atomic mass is 9.99. The third-order valence-corrected chi connectivity index (χ3v) is 4.04. The van der Waals surface area contributed by atoms with Crippen LogP contribution in [-0.2, 0) is 0 Å². The molecule has 5 nitrogen and oxygen atoms in total. The van der Waals surface area contributed by atoms with Gasteiger partial charge in [-0.2, -0.15) is 0 Å². The summed E-state index contributed by atoms with van der Waals surface area (Å²) in [6.07, 6.45) is 0. The van der Waals surface area contributed by atoms with Crippen LogP contribution < -0.4 is 0 Å². The van der Waals surface area contributed by atoms with E-state index in [1.807, 2.05) is 0 Å². The number of nitro benzene ring substituents is 1. The number of carbonyl (C=O) groups excluding carboxylic acids is 1. The molecule has 0 N–H and O–H groups in total. The maximum absolute atomic E-state index is 12.2. The van der Waals surface area contributed by atoms with Gasteiger partial charge in [-0.25, -0.2) is 0 Å². The number of nitrogens with zero attached hydrogens (tertiary/aromatic N) is 2. The third-order valence-electron chi connectivity index (χ3n) is 3.12. The van der Waals surface area contributed by atoms with Gasteiger partial charge in [-0.05, 0) is 12.5 Å². The zero-order valence-electron chi connectivity index (χ0n) is 9.93. The van der Waals surface area contributed by atoms with E-state index in [2.05, 4.69) is 15.9 Å². The number of likely N-dealkylation sites (tertiary alicyclic amines) is 1. The van der Waals surface area contributed by atoms with Crippen LogP contribution in [0, 0.1) is 23.0 Å². The lowest BCUT2D eigenvalue weighted by Crippen LogP contribution is -2.50. The van der Waals surface area contributed by atoms with E-state index in [1.54, 1.807) is 17.9 Å². The molecule has 1 aromatic carbocycles. The fourth-order valence-electron chi connectivity index (χ4n) is 1.96. The van der Waals surface area contributed by atoms with Crippen LogP contribution in [-0.4, -0.2) is 34.2 Å². The van der Waals surface area contributed by atoms with E-state index in [4.69, 9.17) is 0 Å². The SMILES string of the molecule is Cc1ccc([N+](=O)[O-])cc1C(=O)N1CC(CBr)C1. The number of hydrogen-bond acceptors (Lipinski definition) is 3. The van der Waals surface area contributed by atoms with Crippen molar-refractivity contribution in [3.05, 3.63) is 39.4 Å². The van der Waals surface area contributed by atoms with E-state index in [1.165, 1.54) is 12.1 Å². The summed E-state index contributed by atoms with van der Waals surface area (Å²) in [6, 6.07) is 4.40. The maximum Gasteiger partial charge on any atom is 0.270 e. The zero-order valence-corrected chi connectivity index (χ0v) is 11.5. The molecule has 1 aliphatic heterocycles. The predicted molar refractivity (Wildman–Crippen MR) is 71.0 cm³/mol. The zero-order chi connectivity index (χ0) is 13.3. The number of hydrogen-bond donors (Lipinski definition) is 0. The highest BCUT2D eigenvalue weighted by Gasteiger charge is 2.31. The minimum absolute atomic E-state index is 0.0403. The molecular formula is C12H13BrN2O3. The van der Waals surface area contributed by atoms with Crippen LogP contribution in [0.1, 0.15) is 15.9 Å². The fraction of sp³-hybridized carbons (Fsp3) is 0.417. The molecule has 0 bridgehead atoms. The van der Waals surface area contributed by atoms with E-state index >= 15 is 0 Å². The van der Waals surface area contributed by atoms with E-state index in [-0.39, 0.29) is 11.6 Å². The van der Waals surface area contributed by atoms with Crippen molar-refractivity contribution in [1.82, 2.24) is 4.90 Å². The van der Waals surface area contributed by atoms with Gasteiger partial charge in [0, 0.05) is 42.0 Å². The largest absolute Gasteiger partial charge is 0.338 e. The molecule has 1 fully saturated rings. The molecule has 0 aliphatic carbocycles. The lowest BCUT2D eigenvalue weighted by Gasteiger charge is -2.38. The van der Waals surface area contributed by atoms with Crippen molar-refractivity contribution in [3.8, 4) is 0 Å². The van der Waals surface area contributed by atoms with E-state index in [0.717, 1.165) is 10.9 Å². The van der Waals surface area contributed by atoms with Crippen LogP contribution in [0.4, 0.5) is 5.69 Å². The molecule has 1 aromatic rings. The first-order valence-corrected chi connectivity index (χ1v) is 6.75. The average molecular weight is 313 g/mol. The van der Waals surface area contributed by atoms with Gasteiger partial charge in [0.05, 0.1) is 4.92 Å². The fourth-order valence-corrected chi connectivity index (χ4v) is 2.37. The summed E-state index contributed by atoms with van der Waals surface area (Å²) in [6.45, 7) is 3.22. The van der Waals surface area contributed by atoms with Crippen molar-refractivity contribution in [1.29, 1.82) is 0 Å². The lowest BCUT2D eigenvalue weighted by molar-refractivity contribution is -0.384. The Balaban J connectivity index is 2.20. The van der Waals surface area contributed by atoms with Crippen molar-refractivity contribution in [2.75, 3.05) is 18.4 Å². The molecule has 0 spiro atoms. The second-order valence-corrected chi connectivity index (χ2v) is 5.13. The molecule has 2 rings (SSSR count). The first kappa shape index (κ1) is 13.0. The molecule has 18 heavy (non-hydrogen) atoms. The summed E-state index contributed by atoms with van der Waals surface area (Å²) in [5.41, 5.74) is 1.16. The van der Waals surface area contributed by atoms with Gasteiger partial charge in [-0.15, -0.1) is 0 Å². The first-order valence-electron chi connectivity index (χ1n) is 5.63. The standard InChI is InChI=1S/C12H13BrN2O3/c1-8-2-3-10(15(17)18)4-11(8)12(16)14-6-9(5-13)7-14/h2-4,9H,5-7H2,1H3. The predicted octanol–water partition coefficient (Wildman–Crippen LogP) is 2.37. The molecule has 6 heteroatoms. The number of carbonyl (C=O) groups is 1. The van der Waals surface area contributed by atoms with E-state index in [0.29, 0.717) is 24.6 Å². The monoisotopic (exact) mass is 312 g/mol. The summed E-state index contributed by atoms with van der Waals surface area (Å²) < 4.78 is 0. The third kappa shape index (κ3) is 2.38. The molecule has 1 heterocycles. The van der Waals surface area contributed by atoms with Gasteiger partial charge in [0.2, 0.25) is 0 Å². The molecule has 0 aromatic heterocycles. The summed E-state index contributed by atoms with van der Waals surface area (Å²) in [4.78, 5) is 24.1. The van der Waals surface area contributed by atoms with Crippen molar-refractivity contribution < 1.29 is 9.72 Å². The number of halogens is 1. The highest BCUT2D eigenvalue weighted by Crippen LogP contribution is 2.24. The Bertz CT molecular complexity index is 498. The molecular weight excluding hydrogens is 300 g/mol. The van der Waals surface area contributed by atoms with Crippen LogP contribution in [0.15, 0.2) is 18.2 Å². The Kier molecular flexibility index (Phi) is 3.65. The number of amides is 1. The Morgan fingerprint density at radius 3 is 2.78 bits per heavy atom. The Morgan fingerprint density at radius 2 is 2.22 bits per heavy atom. The van der Waals surface area contributed by atoms with Gasteiger partial charge in [0.15, 0.2) is 0 Å². The molecule has 0 unspecified atom stereocenters. The molecule has 96 valence electrons. The first-order chi connectivity index (χ1) is 8.52. The summed E-state index contributed by atoms with van der Waals surface area (Å²) in [5.74, 6) is 0.376. The maximum atomic E-state index is 12.2. The van der Waals surface area contributed by atoms with Crippen LogP contribution in [0.3, 0.4) is 0 Å². The number of aryl methyl sites for hydroxylation is 1. The number of benzene rings is 1. The molecule has 1 saturated heterocycles. The average Bonchev–Trinajstić information content (AvgIpc) is 2.27. The molecule has 0 saturated carbocycles. The number of alkyl halides is 1. The minimum Gasteiger partial charge on any atom is -0.338 e. The quantitative estimate of drug-likeness (QED) is 0.489. The summed E-state index contributed by atoms with van der Waals surface area (Å²) in [5, 5.41) is 11.6. The summed E-state index contributed by atoms with van der Waals surface area (Å²) >= 11 is 3.38. The second-order valence-electron chi connectivity index (χ2n) is 4.49. The van der Waals surface area contributed by atoms with Gasteiger partial charge in [-0.1, -0.05) is 22.0 Å². The van der Waals surface area contributed by atoms with Crippen molar-refractivity contribution in [2.24, 2.45) is 5.92 Å². The molecule has 1 aliphatic rings. The normalized spacial score (nSPS) is 15.3. The molecule has 0 radical (unpaired) electrons. The molecule has 0 atom stereocenters. The van der Waals surface area contributed by atoms with Gasteiger partial charge in [0.1, 0.15) is 0 Å². The van der Waals surface area contributed by atoms with Crippen LogP contribution in [0.25, 0.3) is 0 Å². The summed E-state index contributed by atoms with van der Waals surface area (Å²) in [7, 11) is 0. The smallest absolute Gasteiger partial charge is 0.270 e. The van der Waals surface area contributed by atoms with Crippen molar-refractivity contribution in [2.45, 2.75) is 6.92 Å². The van der Waals surface area contributed by atoms with E-state index in [9.17, 15) is 14.9 Å². The highest BCUT2D eigenvalue weighted by molar-refractivity contribution is 9.09. The number of non-ortho nitro benzene ring substituents is 1. The van der Waals surface area contributed by atoms with E-state index < -0.39 is 4.92 Å². The Morgan fingerprint density at radius 1 is 1.56 bits per heavy atom. The van der Waals surface area contributed by atoms with Crippen LogP contribution in [0.2, 0.25) is 0 Å². The van der Waals surface area contributed by atoms with Gasteiger partial charge >= 0.3 is 0 Å². The van der Waals surface area contributed by atoms with Gasteiger partial charge in [-0.3, -0.25) is 14.9 Å². The topological polar surface area (TPSA) is 63.5 Å². The molecule has 1 amide bonds. The number of rotatable bonds is 3. The highest BCUT2D eigenvalue weighted by atomic mass is 79.9. The van der Waals surface area contributed by atoms with Crippen LogP contribution >= 0.6 is 15.9 Å². The van der Waals surface area contributed by atoms with Crippen LogP contribution in [0.5, 0.6) is 0 Å². The van der Waals surface area contributed by atoms with Crippen molar-refractivity contribution in [3.63, 3.8) is 0 Å². The Hall–Kier alpha value is -1.43. The van der Waals surface area contributed by atoms with Gasteiger partial charge in [0.25, 0.3) is 11.6 Å². The minimum atomic E-state index is -0.479. The van der Waals surface area contributed by atoms with Gasteiger partial charge < -0.3 is 4.90 Å². The van der Waals surface area contributed by atoms with Crippen molar-refractivity contribution >= 4 is 27.5 Å². The number of nitro groups is 1.